The summed E-state index contributed by atoms with van der Waals surface area (Å²) < 4.78 is 5.37. The highest BCUT2D eigenvalue weighted by Gasteiger charge is 2.18. The fraction of sp³-hybridized carbons (Fsp3) is 0.357. The molecular formula is C14H16ClN3O. The molecule has 2 aromatic rings. The molecule has 0 spiro atoms. The van der Waals surface area contributed by atoms with Crippen LogP contribution in [0.25, 0.3) is 10.9 Å². The highest BCUT2D eigenvalue weighted by atomic mass is 35.5. The number of methoxy groups -OCH3 is 1. The van der Waals surface area contributed by atoms with E-state index in [1.54, 1.807) is 13.3 Å². The van der Waals surface area contributed by atoms with Gasteiger partial charge in [-0.1, -0.05) is 23.7 Å². The van der Waals surface area contributed by atoms with E-state index in [4.69, 9.17) is 16.3 Å². The number of aromatic nitrogens is 1. The minimum Gasteiger partial charge on any atom is -0.494 e. The van der Waals surface area contributed by atoms with Crippen molar-refractivity contribution in [3.8, 4) is 5.75 Å². The normalized spacial score (nSPS) is 15.8. The molecule has 1 saturated heterocycles. The Bertz CT molecular complexity index is 597. The highest BCUT2D eigenvalue weighted by Crippen LogP contribution is 2.36. The maximum absolute atomic E-state index is 6.37. The molecule has 0 bridgehead atoms. The molecule has 0 saturated carbocycles. The fourth-order valence-corrected chi connectivity index (χ4v) is 2.80. The van der Waals surface area contributed by atoms with Crippen LogP contribution in [0.2, 0.25) is 5.02 Å². The molecule has 1 aliphatic heterocycles. The Morgan fingerprint density at radius 1 is 1.32 bits per heavy atom. The predicted octanol–water partition coefficient (Wildman–Crippen LogP) is 2.31. The van der Waals surface area contributed by atoms with Crippen molar-refractivity contribution in [2.75, 3.05) is 38.2 Å². The number of para-hydroxylation sites is 1. The van der Waals surface area contributed by atoms with E-state index in [1.165, 1.54) is 0 Å². The van der Waals surface area contributed by atoms with Crippen molar-refractivity contribution in [1.82, 2.24) is 10.3 Å². The van der Waals surface area contributed by atoms with Gasteiger partial charge in [0.25, 0.3) is 0 Å². The maximum atomic E-state index is 6.37. The summed E-state index contributed by atoms with van der Waals surface area (Å²) in [7, 11) is 1.66. The average molecular weight is 278 g/mol. The first-order chi connectivity index (χ1) is 9.31. The van der Waals surface area contributed by atoms with Gasteiger partial charge in [0, 0.05) is 37.8 Å². The van der Waals surface area contributed by atoms with Gasteiger partial charge in [0.15, 0.2) is 0 Å². The molecule has 4 nitrogen and oxygen atoms in total. The van der Waals surface area contributed by atoms with Gasteiger partial charge in [-0.3, -0.25) is 4.98 Å². The Morgan fingerprint density at radius 2 is 2.11 bits per heavy atom. The van der Waals surface area contributed by atoms with E-state index >= 15 is 0 Å². The number of nitrogens with zero attached hydrogens (tertiary/aromatic N) is 2. The summed E-state index contributed by atoms with van der Waals surface area (Å²) >= 11 is 6.37. The van der Waals surface area contributed by atoms with Crippen LogP contribution in [0, 0.1) is 0 Å². The van der Waals surface area contributed by atoms with Gasteiger partial charge in [0.05, 0.1) is 17.8 Å². The third kappa shape index (κ3) is 2.22. The van der Waals surface area contributed by atoms with Crippen LogP contribution in [-0.2, 0) is 0 Å². The molecule has 1 N–H and O–H groups in total. The van der Waals surface area contributed by atoms with Gasteiger partial charge in [-0.05, 0) is 6.07 Å². The summed E-state index contributed by atoms with van der Waals surface area (Å²) in [6.45, 7) is 3.86. The number of anilines is 1. The molecule has 100 valence electrons. The maximum Gasteiger partial charge on any atom is 0.145 e. The zero-order valence-electron chi connectivity index (χ0n) is 10.8. The number of pyridine rings is 1. The van der Waals surface area contributed by atoms with Gasteiger partial charge < -0.3 is 15.0 Å². The first-order valence-corrected chi connectivity index (χ1v) is 6.76. The minimum absolute atomic E-state index is 0.697. The molecule has 0 aliphatic carbocycles. The Kier molecular flexibility index (Phi) is 3.44. The number of halogens is 1. The molecule has 0 unspecified atom stereocenters. The summed E-state index contributed by atoms with van der Waals surface area (Å²) in [5.41, 5.74) is 1.93. The van der Waals surface area contributed by atoms with E-state index < -0.39 is 0 Å². The third-order valence-electron chi connectivity index (χ3n) is 3.44. The van der Waals surface area contributed by atoms with Gasteiger partial charge >= 0.3 is 0 Å². The number of rotatable bonds is 2. The van der Waals surface area contributed by atoms with E-state index in [0.717, 1.165) is 48.5 Å². The molecule has 0 atom stereocenters. The first kappa shape index (κ1) is 12.5. The van der Waals surface area contributed by atoms with E-state index in [2.05, 4.69) is 15.2 Å². The quantitative estimate of drug-likeness (QED) is 0.914. The van der Waals surface area contributed by atoms with Crippen LogP contribution in [0.3, 0.4) is 0 Å². The summed E-state index contributed by atoms with van der Waals surface area (Å²) in [5, 5.41) is 5.10. The van der Waals surface area contributed by atoms with Gasteiger partial charge in [-0.25, -0.2) is 0 Å². The number of nitrogens with one attached hydrogen (secondary N) is 1. The minimum atomic E-state index is 0.697. The number of benzene rings is 1. The zero-order chi connectivity index (χ0) is 13.2. The number of fused-ring (bicyclic) bond motifs is 1. The van der Waals surface area contributed by atoms with E-state index in [1.807, 2.05) is 18.2 Å². The Hall–Kier alpha value is -1.52. The highest BCUT2D eigenvalue weighted by molar-refractivity contribution is 6.34. The number of hydrogen-bond donors (Lipinski definition) is 1. The topological polar surface area (TPSA) is 37.4 Å². The number of piperazine rings is 1. The molecular weight excluding hydrogens is 262 g/mol. The predicted molar refractivity (Wildman–Crippen MR) is 78.4 cm³/mol. The SMILES string of the molecule is COc1cccc2c(N3CCNCC3)c(Cl)cnc12. The van der Waals surface area contributed by atoms with Crippen molar-refractivity contribution in [1.29, 1.82) is 0 Å². The standard InChI is InChI=1S/C14H16ClN3O/c1-19-12-4-2-3-10-13(12)17-9-11(15)14(10)18-7-5-16-6-8-18/h2-4,9,16H,5-8H2,1H3. The molecule has 2 heterocycles. The summed E-state index contributed by atoms with van der Waals surface area (Å²) in [5.74, 6) is 0.783. The van der Waals surface area contributed by atoms with Crippen LogP contribution in [0.1, 0.15) is 0 Å². The largest absolute Gasteiger partial charge is 0.494 e. The molecule has 1 fully saturated rings. The Labute approximate surface area is 117 Å². The summed E-state index contributed by atoms with van der Waals surface area (Å²) in [6, 6.07) is 5.95. The molecule has 19 heavy (non-hydrogen) atoms. The molecule has 1 aliphatic rings. The molecule has 3 rings (SSSR count). The summed E-state index contributed by atoms with van der Waals surface area (Å²) in [6.07, 6.45) is 1.71. The van der Waals surface area contributed by atoms with Crippen LogP contribution in [0.4, 0.5) is 5.69 Å². The van der Waals surface area contributed by atoms with Crippen LogP contribution in [0.5, 0.6) is 5.75 Å². The van der Waals surface area contributed by atoms with Gasteiger partial charge in [-0.2, -0.15) is 0 Å². The van der Waals surface area contributed by atoms with Crippen molar-refractivity contribution >= 4 is 28.2 Å². The molecule has 0 radical (unpaired) electrons. The Morgan fingerprint density at radius 3 is 2.84 bits per heavy atom. The lowest BCUT2D eigenvalue weighted by Gasteiger charge is -2.31. The first-order valence-electron chi connectivity index (χ1n) is 6.38. The average Bonchev–Trinajstić information content (AvgIpc) is 2.47. The van der Waals surface area contributed by atoms with E-state index in [9.17, 15) is 0 Å². The lowest BCUT2D eigenvalue weighted by molar-refractivity contribution is 0.419. The number of hydrogen-bond acceptors (Lipinski definition) is 4. The number of ether oxygens (including phenoxy) is 1. The lowest BCUT2D eigenvalue weighted by atomic mass is 10.1. The molecule has 5 heteroatoms. The van der Waals surface area contributed by atoms with Crippen molar-refractivity contribution in [3.05, 3.63) is 29.4 Å². The molecule has 1 aromatic carbocycles. The van der Waals surface area contributed by atoms with Crippen molar-refractivity contribution in [3.63, 3.8) is 0 Å². The second kappa shape index (κ2) is 5.23. The van der Waals surface area contributed by atoms with Crippen molar-refractivity contribution < 1.29 is 4.74 Å². The van der Waals surface area contributed by atoms with Gasteiger partial charge in [0.1, 0.15) is 11.3 Å². The van der Waals surface area contributed by atoms with Crippen LogP contribution >= 0.6 is 11.6 Å². The van der Waals surface area contributed by atoms with Gasteiger partial charge in [0.2, 0.25) is 0 Å². The fourth-order valence-electron chi connectivity index (χ4n) is 2.53. The lowest BCUT2D eigenvalue weighted by Crippen LogP contribution is -2.43. The zero-order valence-corrected chi connectivity index (χ0v) is 11.6. The van der Waals surface area contributed by atoms with E-state index in [-0.39, 0.29) is 0 Å². The van der Waals surface area contributed by atoms with Gasteiger partial charge in [-0.15, -0.1) is 0 Å². The van der Waals surface area contributed by atoms with E-state index in [0.29, 0.717) is 5.02 Å². The van der Waals surface area contributed by atoms with Crippen LogP contribution < -0.4 is 15.0 Å². The van der Waals surface area contributed by atoms with Crippen LogP contribution in [0.15, 0.2) is 24.4 Å². The molecule has 1 aromatic heterocycles. The Balaban J connectivity index is 2.18. The summed E-state index contributed by atoms with van der Waals surface area (Å²) in [4.78, 5) is 6.72. The monoisotopic (exact) mass is 277 g/mol. The van der Waals surface area contributed by atoms with Crippen molar-refractivity contribution in [2.24, 2.45) is 0 Å². The van der Waals surface area contributed by atoms with Crippen LogP contribution in [-0.4, -0.2) is 38.3 Å². The van der Waals surface area contributed by atoms with Crippen molar-refractivity contribution in [2.45, 2.75) is 0 Å². The second-order valence-corrected chi connectivity index (χ2v) is 4.96. The third-order valence-corrected chi connectivity index (χ3v) is 3.72. The molecule has 0 amide bonds. The smallest absolute Gasteiger partial charge is 0.145 e. The second-order valence-electron chi connectivity index (χ2n) is 4.55.